The van der Waals surface area contributed by atoms with E-state index in [-0.39, 0.29) is 23.6 Å². The Bertz CT molecular complexity index is 1360. The van der Waals surface area contributed by atoms with E-state index in [1.165, 1.54) is 6.07 Å². The van der Waals surface area contributed by atoms with Gasteiger partial charge in [-0.15, -0.1) is 0 Å². The van der Waals surface area contributed by atoms with Crippen molar-refractivity contribution >= 4 is 22.8 Å². The smallest absolute Gasteiger partial charge is 0.338 e. The highest BCUT2D eigenvalue weighted by Crippen LogP contribution is 2.33. The van der Waals surface area contributed by atoms with Crippen LogP contribution in [0.4, 0.5) is 0 Å². The normalized spacial score (nSPS) is 14.5. The predicted octanol–water partition coefficient (Wildman–Crippen LogP) is 2.10. The van der Waals surface area contributed by atoms with Gasteiger partial charge in [0.1, 0.15) is 5.82 Å². The van der Waals surface area contributed by atoms with Crippen LogP contribution in [0.5, 0.6) is 11.5 Å². The van der Waals surface area contributed by atoms with Crippen LogP contribution in [0.1, 0.15) is 33.7 Å². The summed E-state index contributed by atoms with van der Waals surface area (Å²) in [6.45, 7) is 1.24. The van der Waals surface area contributed by atoms with Crippen molar-refractivity contribution in [3.63, 3.8) is 0 Å². The molecule has 0 saturated heterocycles. The quantitative estimate of drug-likeness (QED) is 0.534. The number of rotatable bonds is 5. The van der Waals surface area contributed by atoms with Crippen LogP contribution in [-0.4, -0.2) is 53.7 Å². The molecule has 0 bridgehead atoms. The van der Waals surface area contributed by atoms with E-state index in [0.29, 0.717) is 48.5 Å². The molecule has 3 heterocycles. The Morgan fingerprint density at radius 3 is 2.53 bits per heavy atom. The van der Waals surface area contributed by atoms with Crippen LogP contribution >= 0.6 is 0 Å². The van der Waals surface area contributed by atoms with E-state index in [2.05, 4.69) is 4.98 Å². The maximum atomic E-state index is 12.7. The molecule has 1 amide bonds. The van der Waals surface area contributed by atoms with Crippen molar-refractivity contribution in [2.45, 2.75) is 32.4 Å². The van der Waals surface area contributed by atoms with Gasteiger partial charge in [-0.2, -0.15) is 0 Å². The molecule has 0 fully saturated rings. The molecule has 0 spiro atoms. The van der Waals surface area contributed by atoms with Gasteiger partial charge in [-0.3, -0.25) is 14.2 Å². The van der Waals surface area contributed by atoms with Gasteiger partial charge in [0.15, 0.2) is 18.1 Å². The number of methoxy groups -OCH3 is 2. The van der Waals surface area contributed by atoms with E-state index >= 15 is 0 Å². The van der Waals surface area contributed by atoms with Gasteiger partial charge in [0.05, 0.1) is 30.7 Å². The van der Waals surface area contributed by atoms with Crippen LogP contribution in [-0.2, 0) is 35.5 Å². The number of hydrogen-bond acceptors (Lipinski definition) is 7. The molecule has 0 saturated carbocycles. The van der Waals surface area contributed by atoms with Crippen molar-refractivity contribution < 1.29 is 23.8 Å². The molecule has 0 radical (unpaired) electrons. The van der Waals surface area contributed by atoms with Crippen LogP contribution in [0.15, 0.2) is 35.1 Å². The van der Waals surface area contributed by atoms with Gasteiger partial charge < -0.3 is 19.1 Å². The van der Waals surface area contributed by atoms with Crippen molar-refractivity contribution in [1.82, 2.24) is 14.5 Å². The lowest BCUT2D eigenvalue weighted by Gasteiger charge is -2.29. The van der Waals surface area contributed by atoms with Crippen molar-refractivity contribution in [3.05, 3.63) is 63.2 Å². The van der Waals surface area contributed by atoms with Crippen LogP contribution in [0.25, 0.3) is 10.9 Å². The largest absolute Gasteiger partial charge is 0.493 e. The maximum Gasteiger partial charge on any atom is 0.338 e. The Kier molecular flexibility index (Phi) is 5.69. The Morgan fingerprint density at radius 1 is 1.00 bits per heavy atom. The highest BCUT2D eigenvalue weighted by Gasteiger charge is 2.24. The number of amides is 1. The van der Waals surface area contributed by atoms with E-state index in [1.54, 1.807) is 35.8 Å². The summed E-state index contributed by atoms with van der Waals surface area (Å²) in [6.07, 6.45) is 2.30. The summed E-state index contributed by atoms with van der Waals surface area (Å²) in [7, 11) is 3.16. The fraction of sp³-hybridized carbons (Fsp3) is 0.360. The Morgan fingerprint density at radius 2 is 1.76 bits per heavy atom. The first-order valence-corrected chi connectivity index (χ1v) is 11.2. The van der Waals surface area contributed by atoms with Crippen molar-refractivity contribution in [2.75, 3.05) is 27.4 Å². The second-order valence-corrected chi connectivity index (χ2v) is 8.44. The molecule has 176 valence electrons. The average Bonchev–Trinajstić information content (AvgIpc) is 3.34. The third-order valence-corrected chi connectivity index (χ3v) is 6.45. The second kappa shape index (κ2) is 8.81. The minimum Gasteiger partial charge on any atom is -0.493 e. The first kappa shape index (κ1) is 21.9. The molecule has 5 rings (SSSR count). The third kappa shape index (κ3) is 3.87. The number of benzene rings is 2. The van der Waals surface area contributed by atoms with Crippen LogP contribution in [0.2, 0.25) is 0 Å². The standard InChI is InChI=1S/C25H25N3O6/c1-32-20-11-15-7-9-27(13-17(15)12-21(20)33-2)23(29)14-34-25(31)16-5-6-18-19(10-16)26-22-4-3-8-28(22)24(18)30/h5-6,10-12H,3-4,7-9,13-14H2,1-2H3. The molecule has 0 atom stereocenters. The predicted molar refractivity (Wildman–Crippen MR) is 123 cm³/mol. The Balaban J connectivity index is 1.26. The zero-order valence-corrected chi connectivity index (χ0v) is 19.1. The number of nitrogens with zero attached hydrogens (tertiary/aromatic N) is 3. The molecular weight excluding hydrogens is 438 g/mol. The second-order valence-electron chi connectivity index (χ2n) is 8.44. The topological polar surface area (TPSA) is 100.0 Å². The minimum absolute atomic E-state index is 0.0905. The lowest BCUT2D eigenvalue weighted by molar-refractivity contribution is -0.135. The molecule has 0 unspecified atom stereocenters. The zero-order valence-electron chi connectivity index (χ0n) is 19.1. The van der Waals surface area contributed by atoms with E-state index < -0.39 is 5.97 Å². The highest BCUT2D eigenvalue weighted by atomic mass is 16.5. The third-order valence-electron chi connectivity index (χ3n) is 6.45. The number of hydrogen-bond donors (Lipinski definition) is 0. The molecule has 3 aromatic rings. The first-order valence-electron chi connectivity index (χ1n) is 11.2. The van der Waals surface area contributed by atoms with E-state index in [9.17, 15) is 14.4 Å². The summed E-state index contributed by atoms with van der Waals surface area (Å²) in [5.41, 5.74) is 2.71. The Labute approximate surface area is 195 Å². The zero-order chi connectivity index (χ0) is 23.8. The maximum absolute atomic E-state index is 12.7. The van der Waals surface area contributed by atoms with Crippen molar-refractivity contribution in [1.29, 1.82) is 0 Å². The fourth-order valence-electron chi connectivity index (χ4n) is 4.61. The SMILES string of the molecule is COc1cc2c(cc1OC)CN(C(=O)COC(=O)c1ccc3c(=O)n4c(nc3c1)CCC4)CC2. The van der Waals surface area contributed by atoms with Crippen molar-refractivity contribution in [3.8, 4) is 11.5 Å². The number of carbonyl (C=O) groups is 2. The van der Waals surface area contributed by atoms with E-state index in [0.717, 1.165) is 29.8 Å². The summed E-state index contributed by atoms with van der Waals surface area (Å²) in [6, 6.07) is 8.50. The van der Waals surface area contributed by atoms with Gasteiger partial charge in [-0.25, -0.2) is 9.78 Å². The van der Waals surface area contributed by atoms with Crippen LogP contribution < -0.4 is 15.0 Å². The average molecular weight is 463 g/mol. The summed E-state index contributed by atoms with van der Waals surface area (Å²) in [5, 5.41) is 0.470. The van der Waals surface area contributed by atoms with Crippen LogP contribution in [0, 0.1) is 0 Å². The number of ether oxygens (including phenoxy) is 3. The molecule has 9 heteroatoms. The highest BCUT2D eigenvalue weighted by molar-refractivity contribution is 5.95. The van der Waals surface area contributed by atoms with Gasteiger partial charge >= 0.3 is 5.97 Å². The van der Waals surface area contributed by atoms with Crippen LogP contribution in [0.3, 0.4) is 0 Å². The molecular formula is C25H25N3O6. The van der Waals surface area contributed by atoms with Gasteiger partial charge in [0, 0.05) is 26.1 Å². The minimum atomic E-state index is -0.624. The lowest BCUT2D eigenvalue weighted by Crippen LogP contribution is -2.38. The molecule has 0 N–H and O–H groups in total. The molecule has 2 aromatic carbocycles. The number of aromatic nitrogens is 2. The monoisotopic (exact) mass is 463 g/mol. The molecule has 2 aliphatic rings. The molecule has 1 aromatic heterocycles. The lowest BCUT2D eigenvalue weighted by atomic mass is 9.99. The van der Waals surface area contributed by atoms with Gasteiger partial charge in [0.2, 0.25) is 0 Å². The molecule has 34 heavy (non-hydrogen) atoms. The van der Waals surface area contributed by atoms with Gasteiger partial charge in [0.25, 0.3) is 11.5 Å². The van der Waals surface area contributed by atoms with E-state index in [1.807, 2.05) is 12.1 Å². The Hall–Kier alpha value is -3.88. The summed E-state index contributed by atoms with van der Waals surface area (Å²) in [5.74, 6) is 1.10. The van der Waals surface area contributed by atoms with E-state index in [4.69, 9.17) is 14.2 Å². The number of aryl methyl sites for hydroxylation is 1. The molecule has 0 aliphatic carbocycles. The van der Waals surface area contributed by atoms with Crippen molar-refractivity contribution in [2.24, 2.45) is 0 Å². The number of carbonyl (C=O) groups excluding carboxylic acids is 2. The number of esters is 1. The summed E-state index contributed by atoms with van der Waals surface area (Å²) >= 11 is 0. The fourth-order valence-corrected chi connectivity index (χ4v) is 4.61. The summed E-state index contributed by atoms with van der Waals surface area (Å²) < 4.78 is 17.7. The summed E-state index contributed by atoms with van der Waals surface area (Å²) in [4.78, 5) is 44.1. The molecule has 9 nitrogen and oxygen atoms in total. The molecule has 2 aliphatic heterocycles. The number of fused-ring (bicyclic) bond motifs is 3. The first-order chi connectivity index (χ1) is 16.5. The van der Waals surface area contributed by atoms with Gasteiger partial charge in [-0.05, 0) is 54.3 Å². The van der Waals surface area contributed by atoms with Gasteiger partial charge in [-0.1, -0.05) is 0 Å².